The molecule has 0 saturated heterocycles. The summed E-state index contributed by atoms with van der Waals surface area (Å²) in [6.45, 7) is 15.2. The van der Waals surface area contributed by atoms with Crippen molar-refractivity contribution in [1.82, 2.24) is 15.5 Å². The van der Waals surface area contributed by atoms with E-state index in [0.29, 0.717) is 31.6 Å². The van der Waals surface area contributed by atoms with Crippen LogP contribution in [0.5, 0.6) is 0 Å². The Morgan fingerprint density at radius 3 is 2.09 bits per heavy atom. The van der Waals surface area contributed by atoms with E-state index in [1.165, 1.54) is 6.42 Å². The van der Waals surface area contributed by atoms with Gasteiger partial charge in [0.15, 0.2) is 0 Å². The van der Waals surface area contributed by atoms with Gasteiger partial charge in [-0.05, 0) is 58.4 Å². The molecule has 1 saturated carbocycles. The lowest BCUT2D eigenvalue weighted by atomic mass is 9.89. The van der Waals surface area contributed by atoms with Crippen LogP contribution in [-0.2, 0) is 19.1 Å². The Morgan fingerprint density at radius 1 is 1.06 bits per heavy atom. The molecule has 0 aromatic carbocycles. The molecule has 2 N–H and O–H groups in total. The molecule has 0 aromatic rings. The van der Waals surface area contributed by atoms with Crippen LogP contribution in [0, 0.1) is 5.92 Å². The SMILES string of the molecule is CCC.CCCNC(CC)(CC)C(=O)NC(C(=O)N(C)C/C=C(\C)C(=O)OCC)C1CCCC1. The number of carbonyl (C=O) groups is 3. The lowest BCUT2D eigenvalue weighted by Crippen LogP contribution is -2.61. The minimum atomic E-state index is -0.661. The zero-order valence-corrected chi connectivity index (χ0v) is 23.1. The monoisotopic (exact) mass is 481 g/mol. The fourth-order valence-corrected chi connectivity index (χ4v) is 4.15. The van der Waals surface area contributed by atoms with E-state index in [9.17, 15) is 14.4 Å². The average molecular weight is 482 g/mol. The van der Waals surface area contributed by atoms with E-state index < -0.39 is 11.6 Å². The molecular formula is C27H51N3O4. The number of carbonyl (C=O) groups excluding carboxylic acids is 3. The fourth-order valence-electron chi connectivity index (χ4n) is 4.15. The summed E-state index contributed by atoms with van der Waals surface area (Å²) in [4.78, 5) is 40.1. The van der Waals surface area contributed by atoms with Crippen molar-refractivity contribution in [3.05, 3.63) is 11.6 Å². The molecule has 198 valence electrons. The Kier molecular flexibility index (Phi) is 16.6. The summed E-state index contributed by atoms with van der Waals surface area (Å²) in [5.74, 6) is -0.430. The van der Waals surface area contributed by atoms with E-state index in [-0.39, 0.29) is 23.7 Å². The Labute approximate surface area is 208 Å². The van der Waals surface area contributed by atoms with Crippen molar-refractivity contribution in [2.45, 2.75) is 111 Å². The van der Waals surface area contributed by atoms with E-state index in [1.807, 2.05) is 13.8 Å². The van der Waals surface area contributed by atoms with Crippen LogP contribution in [0.3, 0.4) is 0 Å². The Balaban J connectivity index is 0.00000343. The van der Waals surface area contributed by atoms with Crippen LogP contribution in [0.2, 0.25) is 0 Å². The number of hydrogen-bond acceptors (Lipinski definition) is 5. The molecule has 1 rings (SSSR count). The van der Waals surface area contributed by atoms with E-state index in [2.05, 4.69) is 31.4 Å². The third kappa shape index (κ3) is 10.2. The fraction of sp³-hybridized carbons (Fsp3) is 0.815. The molecule has 0 spiro atoms. The van der Waals surface area contributed by atoms with Crippen LogP contribution in [0.4, 0.5) is 0 Å². The molecule has 7 heteroatoms. The number of amides is 2. The normalized spacial score (nSPS) is 15.2. The summed E-state index contributed by atoms with van der Waals surface area (Å²) in [7, 11) is 1.72. The maximum Gasteiger partial charge on any atom is 0.333 e. The molecule has 1 aliphatic rings. The zero-order valence-electron chi connectivity index (χ0n) is 23.1. The van der Waals surface area contributed by atoms with Crippen LogP contribution < -0.4 is 10.6 Å². The highest BCUT2D eigenvalue weighted by Crippen LogP contribution is 2.29. The molecule has 1 aliphatic carbocycles. The third-order valence-corrected chi connectivity index (χ3v) is 6.42. The first-order valence-corrected chi connectivity index (χ1v) is 13.3. The van der Waals surface area contributed by atoms with Gasteiger partial charge in [0.2, 0.25) is 11.8 Å². The number of likely N-dealkylation sites (N-methyl/N-ethyl adjacent to an activating group) is 1. The summed E-state index contributed by atoms with van der Waals surface area (Å²) >= 11 is 0. The van der Waals surface area contributed by atoms with E-state index in [4.69, 9.17) is 4.74 Å². The highest BCUT2D eigenvalue weighted by atomic mass is 16.5. The van der Waals surface area contributed by atoms with Crippen molar-refractivity contribution < 1.29 is 19.1 Å². The quantitative estimate of drug-likeness (QED) is 0.296. The van der Waals surface area contributed by atoms with Crippen LogP contribution in [0.25, 0.3) is 0 Å². The van der Waals surface area contributed by atoms with Crippen molar-refractivity contribution in [3.63, 3.8) is 0 Å². The van der Waals surface area contributed by atoms with Crippen molar-refractivity contribution in [3.8, 4) is 0 Å². The zero-order chi connectivity index (χ0) is 26.1. The maximum absolute atomic E-state index is 13.3. The number of nitrogens with one attached hydrogen (secondary N) is 2. The molecule has 34 heavy (non-hydrogen) atoms. The van der Waals surface area contributed by atoms with Crippen molar-refractivity contribution in [1.29, 1.82) is 0 Å². The van der Waals surface area contributed by atoms with Gasteiger partial charge in [-0.15, -0.1) is 0 Å². The molecule has 2 amide bonds. The van der Waals surface area contributed by atoms with Crippen LogP contribution in [0.1, 0.15) is 99.8 Å². The summed E-state index contributed by atoms with van der Waals surface area (Å²) in [6, 6.07) is -0.544. The van der Waals surface area contributed by atoms with Crippen molar-refractivity contribution in [2.24, 2.45) is 5.92 Å². The molecule has 1 unspecified atom stereocenters. The minimum Gasteiger partial charge on any atom is -0.463 e. The Morgan fingerprint density at radius 2 is 1.62 bits per heavy atom. The number of esters is 1. The summed E-state index contributed by atoms with van der Waals surface area (Å²) < 4.78 is 5.00. The van der Waals surface area contributed by atoms with Gasteiger partial charge in [0.05, 0.1) is 12.1 Å². The topological polar surface area (TPSA) is 87.7 Å². The lowest BCUT2D eigenvalue weighted by molar-refractivity contribution is -0.139. The Bertz CT molecular complexity index is 638. The first-order chi connectivity index (χ1) is 16.2. The first-order valence-electron chi connectivity index (χ1n) is 13.3. The minimum absolute atomic E-state index is 0.0946. The second kappa shape index (κ2) is 17.5. The number of nitrogens with zero attached hydrogens (tertiary/aromatic N) is 1. The Hall–Kier alpha value is -1.89. The molecule has 1 fully saturated rings. The molecule has 7 nitrogen and oxygen atoms in total. The summed E-state index contributed by atoms with van der Waals surface area (Å²) in [5.41, 5.74) is -0.186. The number of ether oxygens (including phenoxy) is 1. The first kappa shape index (κ1) is 32.1. The van der Waals surface area contributed by atoms with Crippen LogP contribution in [0.15, 0.2) is 11.6 Å². The van der Waals surface area contributed by atoms with Crippen molar-refractivity contribution >= 4 is 17.8 Å². The van der Waals surface area contributed by atoms with E-state index in [0.717, 1.165) is 38.6 Å². The number of hydrogen-bond donors (Lipinski definition) is 2. The van der Waals surface area contributed by atoms with E-state index in [1.54, 1.807) is 31.9 Å². The molecule has 1 atom stereocenters. The molecular weight excluding hydrogens is 430 g/mol. The van der Waals surface area contributed by atoms with Crippen molar-refractivity contribution in [2.75, 3.05) is 26.7 Å². The van der Waals surface area contributed by atoms with Gasteiger partial charge in [-0.1, -0.05) is 60.0 Å². The molecule has 0 aliphatic heterocycles. The van der Waals surface area contributed by atoms with Gasteiger partial charge in [-0.2, -0.15) is 0 Å². The van der Waals surface area contributed by atoms with Crippen LogP contribution >= 0.6 is 0 Å². The molecule has 0 heterocycles. The highest BCUT2D eigenvalue weighted by molar-refractivity contribution is 5.92. The predicted molar refractivity (Wildman–Crippen MR) is 139 cm³/mol. The second-order valence-electron chi connectivity index (χ2n) is 9.25. The second-order valence-corrected chi connectivity index (χ2v) is 9.25. The highest BCUT2D eigenvalue weighted by Gasteiger charge is 2.40. The summed E-state index contributed by atoms with van der Waals surface area (Å²) in [6.07, 6.45) is 9.26. The van der Waals surface area contributed by atoms with Gasteiger partial charge in [0, 0.05) is 19.2 Å². The van der Waals surface area contributed by atoms with Gasteiger partial charge in [0.25, 0.3) is 0 Å². The maximum atomic E-state index is 13.3. The predicted octanol–water partition coefficient (Wildman–Crippen LogP) is 4.60. The standard InChI is InChI=1S/C24H43N3O4.C3H8/c1-7-16-25-24(8-2,9-3)23(30)26-20(19-13-11-12-14-19)21(28)27(6)17-15-18(5)22(29)31-10-4;1-3-2/h15,19-20,25H,7-14,16-17H2,1-6H3,(H,26,30);3H2,1-2H3/b18-15+;. The molecule has 0 radical (unpaired) electrons. The molecule has 0 aromatic heterocycles. The van der Waals surface area contributed by atoms with Gasteiger partial charge >= 0.3 is 5.97 Å². The third-order valence-electron chi connectivity index (χ3n) is 6.42. The van der Waals surface area contributed by atoms with Gasteiger partial charge in [-0.25, -0.2) is 4.79 Å². The van der Waals surface area contributed by atoms with E-state index >= 15 is 0 Å². The summed E-state index contributed by atoms with van der Waals surface area (Å²) in [5, 5.41) is 6.53. The number of rotatable bonds is 13. The molecule has 0 bridgehead atoms. The smallest absolute Gasteiger partial charge is 0.333 e. The average Bonchev–Trinajstić information content (AvgIpc) is 3.36. The lowest BCUT2D eigenvalue weighted by Gasteiger charge is -2.35. The van der Waals surface area contributed by atoms with Gasteiger partial charge < -0.3 is 20.3 Å². The van der Waals surface area contributed by atoms with Crippen LogP contribution in [-0.4, -0.2) is 61.0 Å². The van der Waals surface area contributed by atoms with Gasteiger partial charge in [0.1, 0.15) is 6.04 Å². The largest absolute Gasteiger partial charge is 0.463 e. The van der Waals surface area contributed by atoms with Gasteiger partial charge in [-0.3, -0.25) is 9.59 Å².